The average Bonchev–Trinajstić information content (AvgIpc) is 2.81. The summed E-state index contributed by atoms with van der Waals surface area (Å²) in [4.78, 5) is 12.9. The number of amides is 1. The fourth-order valence-electron chi connectivity index (χ4n) is 3.37. The number of sulfonamides is 1. The lowest BCUT2D eigenvalue weighted by Crippen LogP contribution is -2.37. The second-order valence-corrected chi connectivity index (χ2v) is 9.48. The van der Waals surface area contributed by atoms with Crippen molar-refractivity contribution in [3.05, 3.63) is 83.4 Å². The summed E-state index contributed by atoms with van der Waals surface area (Å²) in [6.45, 7) is 3.51. The second-order valence-electron chi connectivity index (χ2n) is 7.57. The van der Waals surface area contributed by atoms with Crippen molar-refractivity contribution in [1.29, 1.82) is 0 Å². The lowest BCUT2D eigenvalue weighted by molar-refractivity contribution is -0.116. The van der Waals surface area contributed by atoms with Gasteiger partial charge in [0, 0.05) is 18.3 Å². The zero-order valence-electron chi connectivity index (χ0n) is 19.2. The first-order chi connectivity index (χ1) is 15.8. The predicted molar refractivity (Wildman–Crippen MR) is 128 cm³/mol. The molecule has 0 radical (unpaired) electrons. The zero-order valence-corrected chi connectivity index (χ0v) is 20.0. The van der Waals surface area contributed by atoms with Crippen LogP contribution in [0.1, 0.15) is 16.7 Å². The third-order valence-corrected chi connectivity index (χ3v) is 7.20. The summed E-state index contributed by atoms with van der Waals surface area (Å²) in [7, 11) is -1.26. The average molecular weight is 469 g/mol. The number of rotatable bonds is 9. The topological polar surface area (TPSA) is 84.9 Å². The minimum atomic E-state index is -4.11. The second kappa shape index (κ2) is 10.5. The van der Waals surface area contributed by atoms with Crippen LogP contribution < -0.4 is 14.8 Å². The highest BCUT2D eigenvalue weighted by Crippen LogP contribution is 2.31. The molecule has 174 valence electrons. The molecule has 3 aromatic rings. The standard InChI is InChI=1S/C25H28N2O5S/c1-18-9-8-12-22(19(18)2)26-25(28)17-27(16-20-10-6-5-7-11-20)33(29,30)24-15-21(31-3)13-14-23(24)32-4/h5-15H,16-17H2,1-4H3,(H,26,28). The van der Waals surface area contributed by atoms with E-state index in [4.69, 9.17) is 9.47 Å². The van der Waals surface area contributed by atoms with E-state index in [2.05, 4.69) is 5.32 Å². The van der Waals surface area contributed by atoms with Gasteiger partial charge in [-0.1, -0.05) is 42.5 Å². The fourth-order valence-corrected chi connectivity index (χ4v) is 4.93. The van der Waals surface area contributed by atoms with Crippen molar-refractivity contribution in [3.8, 4) is 11.5 Å². The Balaban J connectivity index is 1.97. The number of ether oxygens (including phenoxy) is 2. The molecule has 3 aromatic carbocycles. The van der Waals surface area contributed by atoms with Crippen LogP contribution in [0, 0.1) is 13.8 Å². The van der Waals surface area contributed by atoms with Gasteiger partial charge in [-0.3, -0.25) is 4.79 Å². The number of hydrogen-bond donors (Lipinski definition) is 1. The van der Waals surface area contributed by atoms with E-state index < -0.39 is 15.9 Å². The Morgan fingerprint density at radius 1 is 0.939 bits per heavy atom. The molecule has 0 aliphatic carbocycles. The minimum Gasteiger partial charge on any atom is -0.497 e. The molecular formula is C25H28N2O5S. The van der Waals surface area contributed by atoms with Crippen molar-refractivity contribution >= 4 is 21.6 Å². The van der Waals surface area contributed by atoms with E-state index in [1.165, 1.54) is 26.4 Å². The Kier molecular flexibility index (Phi) is 7.73. The van der Waals surface area contributed by atoms with Crippen LogP contribution in [0.4, 0.5) is 5.69 Å². The van der Waals surface area contributed by atoms with Crippen molar-refractivity contribution in [2.45, 2.75) is 25.3 Å². The molecule has 0 unspecified atom stereocenters. The van der Waals surface area contributed by atoms with Crippen LogP contribution >= 0.6 is 0 Å². The molecule has 0 aliphatic heterocycles. The van der Waals surface area contributed by atoms with Gasteiger partial charge in [-0.25, -0.2) is 8.42 Å². The van der Waals surface area contributed by atoms with Crippen LogP contribution in [0.5, 0.6) is 11.5 Å². The van der Waals surface area contributed by atoms with E-state index in [1.807, 2.05) is 56.3 Å². The highest BCUT2D eigenvalue weighted by Gasteiger charge is 2.30. The first-order valence-corrected chi connectivity index (χ1v) is 11.8. The van der Waals surface area contributed by atoms with Crippen LogP contribution in [0.15, 0.2) is 71.6 Å². The summed E-state index contributed by atoms with van der Waals surface area (Å²) >= 11 is 0. The van der Waals surface area contributed by atoms with Gasteiger partial charge in [-0.05, 0) is 48.7 Å². The van der Waals surface area contributed by atoms with Gasteiger partial charge in [0.2, 0.25) is 15.9 Å². The van der Waals surface area contributed by atoms with Crippen LogP contribution in [-0.4, -0.2) is 39.4 Å². The summed E-state index contributed by atoms with van der Waals surface area (Å²) in [6.07, 6.45) is 0. The highest BCUT2D eigenvalue weighted by molar-refractivity contribution is 7.89. The fraction of sp³-hybridized carbons (Fsp3) is 0.240. The smallest absolute Gasteiger partial charge is 0.247 e. The minimum absolute atomic E-state index is 0.0176. The lowest BCUT2D eigenvalue weighted by atomic mass is 10.1. The maximum atomic E-state index is 13.7. The van der Waals surface area contributed by atoms with Crippen LogP contribution in [0.2, 0.25) is 0 Å². The first kappa shape index (κ1) is 24.3. The largest absolute Gasteiger partial charge is 0.497 e. The summed E-state index contributed by atoms with van der Waals surface area (Å²) < 4.78 is 39.1. The van der Waals surface area contributed by atoms with Crippen molar-refractivity contribution < 1.29 is 22.7 Å². The summed E-state index contributed by atoms with van der Waals surface area (Å²) in [6, 6.07) is 19.3. The highest BCUT2D eigenvalue weighted by atomic mass is 32.2. The number of carbonyl (C=O) groups excluding carboxylic acids is 1. The van der Waals surface area contributed by atoms with E-state index >= 15 is 0 Å². The Bertz CT molecular complexity index is 1230. The molecule has 0 spiro atoms. The number of methoxy groups -OCH3 is 2. The Hall–Kier alpha value is -3.36. The SMILES string of the molecule is COc1ccc(OC)c(S(=O)(=O)N(CC(=O)Nc2cccc(C)c2C)Cc2ccccc2)c1. The monoisotopic (exact) mass is 468 g/mol. The maximum absolute atomic E-state index is 13.7. The number of nitrogens with zero attached hydrogens (tertiary/aromatic N) is 1. The summed E-state index contributed by atoms with van der Waals surface area (Å²) in [5, 5.41) is 2.84. The molecule has 0 fully saturated rings. The molecule has 0 bridgehead atoms. The van der Waals surface area contributed by atoms with Crippen LogP contribution in [0.3, 0.4) is 0 Å². The van der Waals surface area contributed by atoms with Gasteiger partial charge in [-0.2, -0.15) is 4.31 Å². The number of nitrogens with one attached hydrogen (secondary N) is 1. The molecule has 1 amide bonds. The van der Waals surface area contributed by atoms with E-state index in [0.29, 0.717) is 11.4 Å². The van der Waals surface area contributed by atoms with Crippen molar-refractivity contribution in [2.75, 3.05) is 26.1 Å². The summed E-state index contributed by atoms with van der Waals surface area (Å²) in [5.41, 5.74) is 3.36. The Labute approximate surface area is 195 Å². The van der Waals surface area contributed by atoms with Crippen LogP contribution in [0.25, 0.3) is 0 Å². The van der Waals surface area contributed by atoms with Gasteiger partial charge in [-0.15, -0.1) is 0 Å². The number of aryl methyl sites for hydroxylation is 1. The maximum Gasteiger partial charge on any atom is 0.247 e. The molecule has 0 saturated carbocycles. The number of carbonyl (C=O) groups is 1. The normalized spacial score (nSPS) is 11.3. The molecule has 7 nitrogen and oxygen atoms in total. The molecule has 0 heterocycles. The van der Waals surface area contributed by atoms with Crippen molar-refractivity contribution in [3.63, 3.8) is 0 Å². The van der Waals surface area contributed by atoms with E-state index in [1.54, 1.807) is 12.1 Å². The molecule has 1 N–H and O–H groups in total. The van der Waals surface area contributed by atoms with Crippen molar-refractivity contribution in [2.24, 2.45) is 0 Å². The lowest BCUT2D eigenvalue weighted by Gasteiger charge is -2.23. The number of hydrogen-bond acceptors (Lipinski definition) is 5. The molecular weight excluding hydrogens is 440 g/mol. The third kappa shape index (κ3) is 5.71. The van der Waals surface area contributed by atoms with E-state index in [9.17, 15) is 13.2 Å². The van der Waals surface area contributed by atoms with Gasteiger partial charge in [0.15, 0.2) is 0 Å². The van der Waals surface area contributed by atoms with Crippen molar-refractivity contribution in [1.82, 2.24) is 4.31 Å². The number of anilines is 1. The summed E-state index contributed by atoms with van der Waals surface area (Å²) in [5.74, 6) is 0.0998. The van der Waals surface area contributed by atoms with Gasteiger partial charge >= 0.3 is 0 Å². The molecule has 33 heavy (non-hydrogen) atoms. The molecule has 8 heteroatoms. The molecule has 0 aliphatic rings. The predicted octanol–water partition coefficient (Wildman–Crippen LogP) is 4.15. The third-order valence-electron chi connectivity index (χ3n) is 5.39. The van der Waals surface area contributed by atoms with E-state index in [-0.39, 0.29) is 23.7 Å². The number of benzene rings is 3. The van der Waals surface area contributed by atoms with Gasteiger partial charge in [0.25, 0.3) is 0 Å². The van der Waals surface area contributed by atoms with Crippen LogP contribution in [-0.2, 0) is 21.4 Å². The van der Waals surface area contributed by atoms with Gasteiger partial charge in [0.05, 0.1) is 20.8 Å². The van der Waals surface area contributed by atoms with E-state index in [0.717, 1.165) is 21.0 Å². The molecule has 0 saturated heterocycles. The molecule has 0 atom stereocenters. The van der Waals surface area contributed by atoms with Gasteiger partial charge < -0.3 is 14.8 Å². The molecule has 0 aromatic heterocycles. The first-order valence-electron chi connectivity index (χ1n) is 10.4. The Morgan fingerprint density at radius 3 is 2.33 bits per heavy atom. The van der Waals surface area contributed by atoms with Gasteiger partial charge in [0.1, 0.15) is 16.4 Å². The molecule has 3 rings (SSSR count). The quantitative estimate of drug-likeness (QED) is 0.510. The zero-order chi connectivity index (χ0) is 24.0. The Morgan fingerprint density at radius 2 is 1.67 bits per heavy atom.